The Morgan fingerprint density at radius 1 is 0.968 bits per heavy atom. The van der Waals surface area contributed by atoms with Gasteiger partial charge in [0.2, 0.25) is 0 Å². The lowest BCUT2D eigenvalue weighted by Gasteiger charge is -2.27. The van der Waals surface area contributed by atoms with Crippen molar-refractivity contribution in [2.45, 2.75) is 33.2 Å². The van der Waals surface area contributed by atoms with E-state index in [0.717, 1.165) is 61.9 Å². The van der Waals surface area contributed by atoms with Crippen LogP contribution in [-0.4, -0.2) is 41.2 Å². The molecule has 1 aliphatic rings. The molecule has 0 amide bonds. The number of aryl methyl sites for hydroxylation is 2. The number of nitrogens with zero attached hydrogens (tertiary/aromatic N) is 3. The number of morpholine rings is 1. The highest BCUT2D eigenvalue weighted by Crippen LogP contribution is 2.21. The molecule has 31 heavy (non-hydrogen) atoms. The van der Waals surface area contributed by atoms with E-state index < -0.39 is 0 Å². The second kappa shape index (κ2) is 9.87. The summed E-state index contributed by atoms with van der Waals surface area (Å²) in [6, 6.07) is 14.7. The van der Waals surface area contributed by atoms with Crippen LogP contribution >= 0.6 is 0 Å². The van der Waals surface area contributed by atoms with Crippen LogP contribution in [0.4, 0.5) is 0 Å². The van der Waals surface area contributed by atoms with Gasteiger partial charge in [0.25, 0.3) is 0 Å². The van der Waals surface area contributed by atoms with Crippen molar-refractivity contribution in [2.24, 2.45) is 0 Å². The van der Waals surface area contributed by atoms with Gasteiger partial charge in [-0.1, -0.05) is 30.2 Å². The maximum absolute atomic E-state index is 5.47. The molecule has 1 saturated heterocycles. The predicted octanol–water partition coefficient (Wildman–Crippen LogP) is 4.09. The second-order valence-corrected chi connectivity index (χ2v) is 8.26. The van der Waals surface area contributed by atoms with Crippen LogP contribution in [0.2, 0.25) is 0 Å². The fraction of sp³-hybridized carbons (Fsp3) is 0.333. The van der Waals surface area contributed by atoms with E-state index in [4.69, 9.17) is 16.1 Å². The van der Waals surface area contributed by atoms with Crippen LogP contribution in [-0.2, 0) is 24.1 Å². The third-order valence-electron chi connectivity index (χ3n) is 5.87. The molecule has 1 aliphatic heterocycles. The van der Waals surface area contributed by atoms with Gasteiger partial charge in [-0.3, -0.25) is 4.90 Å². The lowest BCUT2D eigenvalue weighted by atomic mass is 9.95. The summed E-state index contributed by atoms with van der Waals surface area (Å²) in [7, 11) is 0. The highest BCUT2D eigenvalue weighted by molar-refractivity contribution is 5.40. The Kier molecular flexibility index (Phi) is 6.76. The van der Waals surface area contributed by atoms with Gasteiger partial charge in [-0.15, -0.1) is 6.42 Å². The lowest BCUT2D eigenvalue weighted by Crippen LogP contribution is -2.35. The minimum atomic E-state index is 0.704. The SMILES string of the molecule is C#Cc1ccc(Cc2nccc(Cc3c(C)cc(CN4CCOCC4)cc3C)n2)cc1. The van der Waals surface area contributed by atoms with Crippen molar-refractivity contribution in [1.29, 1.82) is 0 Å². The van der Waals surface area contributed by atoms with Gasteiger partial charge in [0.15, 0.2) is 0 Å². The first kappa shape index (κ1) is 21.2. The Labute approximate surface area is 185 Å². The number of hydrogen-bond acceptors (Lipinski definition) is 4. The Morgan fingerprint density at radius 2 is 1.68 bits per heavy atom. The number of terminal acetylenes is 1. The van der Waals surface area contributed by atoms with Crippen LogP contribution in [0.5, 0.6) is 0 Å². The molecule has 0 atom stereocenters. The molecule has 2 aromatic carbocycles. The van der Waals surface area contributed by atoms with Crippen LogP contribution in [0, 0.1) is 26.2 Å². The molecular weight excluding hydrogens is 382 g/mol. The Morgan fingerprint density at radius 3 is 2.35 bits per heavy atom. The average Bonchev–Trinajstić information content (AvgIpc) is 2.78. The van der Waals surface area contributed by atoms with Gasteiger partial charge >= 0.3 is 0 Å². The zero-order valence-corrected chi connectivity index (χ0v) is 18.4. The fourth-order valence-corrected chi connectivity index (χ4v) is 4.18. The maximum atomic E-state index is 5.47. The molecule has 4 heteroatoms. The van der Waals surface area contributed by atoms with E-state index in [1.807, 2.05) is 36.5 Å². The van der Waals surface area contributed by atoms with E-state index >= 15 is 0 Å². The van der Waals surface area contributed by atoms with Crippen molar-refractivity contribution >= 4 is 0 Å². The van der Waals surface area contributed by atoms with Crippen LogP contribution < -0.4 is 0 Å². The normalized spacial score (nSPS) is 14.4. The van der Waals surface area contributed by atoms with E-state index in [-0.39, 0.29) is 0 Å². The number of benzene rings is 2. The highest BCUT2D eigenvalue weighted by Gasteiger charge is 2.13. The molecule has 0 unspecified atom stereocenters. The molecule has 4 rings (SSSR count). The largest absolute Gasteiger partial charge is 0.379 e. The van der Waals surface area contributed by atoms with Crippen LogP contribution in [0.25, 0.3) is 0 Å². The molecule has 0 aliphatic carbocycles. The molecule has 0 spiro atoms. The van der Waals surface area contributed by atoms with Crippen molar-refractivity contribution in [3.8, 4) is 12.3 Å². The molecule has 1 aromatic heterocycles. The standard InChI is InChI=1S/C27H29N3O/c1-4-22-5-7-23(8-6-22)17-27-28-10-9-25(29-27)18-26-20(2)15-24(16-21(26)3)19-30-11-13-31-14-12-30/h1,5-10,15-16H,11-14,17-19H2,2-3H3. The number of ether oxygens (including phenoxy) is 1. The smallest absolute Gasteiger partial charge is 0.132 e. The quantitative estimate of drug-likeness (QED) is 0.573. The molecule has 0 radical (unpaired) electrons. The first-order valence-electron chi connectivity index (χ1n) is 10.9. The van der Waals surface area contributed by atoms with Gasteiger partial charge in [0.05, 0.1) is 13.2 Å². The fourth-order valence-electron chi connectivity index (χ4n) is 4.18. The summed E-state index contributed by atoms with van der Waals surface area (Å²) in [5, 5.41) is 0. The number of hydrogen-bond donors (Lipinski definition) is 0. The summed E-state index contributed by atoms with van der Waals surface area (Å²) in [5.74, 6) is 3.49. The van der Waals surface area contributed by atoms with E-state index in [0.29, 0.717) is 6.42 Å². The summed E-state index contributed by atoms with van der Waals surface area (Å²) in [6.45, 7) is 9.09. The zero-order chi connectivity index (χ0) is 21.6. The van der Waals surface area contributed by atoms with Crippen LogP contribution in [0.1, 0.15) is 44.9 Å². The lowest BCUT2D eigenvalue weighted by molar-refractivity contribution is 0.0342. The zero-order valence-electron chi connectivity index (χ0n) is 18.4. The van der Waals surface area contributed by atoms with Crippen molar-refractivity contribution in [1.82, 2.24) is 14.9 Å². The van der Waals surface area contributed by atoms with Gasteiger partial charge in [0, 0.05) is 49.9 Å². The minimum absolute atomic E-state index is 0.704. The van der Waals surface area contributed by atoms with E-state index in [1.165, 1.54) is 22.3 Å². The van der Waals surface area contributed by atoms with Crippen molar-refractivity contribution in [3.63, 3.8) is 0 Å². The molecule has 3 aromatic rings. The summed E-state index contributed by atoms with van der Waals surface area (Å²) in [4.78, 5) is 11.8. The number of aromatic nitrogens is 2. The third kappa shape index (κ3) is 5.58. The maximum Gasteiger partial charge on any atom is 0.132 e. The summed E-state index contributed by atoms with van der Waals surface area (Å²) >= 11 is 0. The molecule has 0 saturated carbocycles. The van der Waals surface area contributed by atoms with Crippen LogP contribution in [0.15, 0.2) is 48.7 Å². The molecule has 0 bridgehead atoms. The number of rotatable bonds is 6. The van der Waals surface area contributed by atoms with Crippen molar-refractivity contribution in [2.75, 3.05) is 26.3 Å². The molecular formula is C27H29N3O. The molecule has 2 heterocycles. The Hall–Kier alpha value is -3.00. The minimum Gasteiger partial charge on any atom is -0.379 e. The van der Waals surface area contributed by atoms with Crippen molar-refractivity contribution in [3.05, 3.63) is 93.6 Å². The topological polar surface area (TPSA) is 38.2 Å². The summed E-state index contributed by atoms with van der Waals surface area (Å²) in [5.41, 5.74) is 8.49. The van der Waals surface area contributed by atoms with Gasteiger partial charge in [-0.25, -0.2) is 9.97 Å². The highest BCUT2D eigenvalue weighted by atomic mass is 16.5. The monoisotopic (exact) mass is 411 g/mol. The van der Waals surface area contributed by atoms with Gasteiger partial charge in [-0.05, 0) is 59.9 Å². The Bertz CT molecular complexity index is 1050. The summed E-state index contributed by atoms with van der Waals surface area (Å²) < 4.78 is 5.47. The first-order valence-corrected chi connectivity index (χ1v) is 10.9. The summed E-state index contributed by atoms with van der Waals surface area (Å²) in [6.07, 6.45) is 8.83. The van der Waals surface area contributed by atoms with Gasteiger partial charge in [0.1, 0.15) is 5.82 Å². The van der Waals surface area contributed by atoms with Gasteiger partial charge < -0.3 is 4.74 Å². The molecule has 0 N–H and O–H groups in total. The first-order chi connectivity index (χ1) is 15.1. The second-order valence-electron chi connectivity index (χ2n) is 8.26. The third-order valence-corrected chi connectivity index (χ3v) is 5.87. The van der Waals surface area contributed by atoms with E-state index in [9.17, 15) is 0 Å². The molecule has 1 fully saturated rings. The predicted molar refractivity (Wildman–Crippen MR) is 124 cm³/mol. The van der Waals surface area contributed by atoms with Crippen LogP contribution in [0.3, 0.4) is 0 Å². The average molecular weight is 412 g/mol. The van der Waals surface area contributed by atoms with E-state index in [1.54, 1.807) is 0 Å². The molecule has 4 nitrogen and oxygen atoms in total. The molecule has 158 valence electrons. The van der Waals surface area contributed by atoms with Crippen molar-refractivity contribution < 1.29 is 4.74 Å². The van der Waals surface area contributed by atoms with E-state index in [2.05, 4.69) is 41.8 Å². The van der Waals surface area contributed by atoms with Gasteiger partial charge in [-0.2, -0.15) is 0 Å². The Balaban J connectivity index is 1.47.